The van der Waals surface area contributed by atoms with Crippen molar-refractivity contribution in [1.82, 2.24) is 0 Å². The molecule has 25 heavy (non-hydrogen) atoms. The normalized spacial score (nSPS) is 11.5. The monoisotopic (exact) mass is 346 g/mol. The average molecular weight is 347 g/mol. The minimum Gasteiger partial charge on any atom is -0.428 e. The maximum atomic E-state index is 5.41. The van der Waals surface area contributed by atoms with Gasteiger partial charge >= 0.3 is 0 Å². The highest BCUT2D eigenvalue weighted by Gasteiger charge is 2.35. The molecule has 0 N–H and O–H groups in total. The third-order valence-electron chi connectivity index (χ3n) is 4.95. The van der Waals surface area contributed by atoms with Gasteiger partial charge in [-0.15, -0.1) is 0 Å². The Morgan fingerprint density at radius 2 is 1.00 bits per heavy atom. The van der Waals surface area contributed by atoms with Gasteiger partial charge in [-0.2, -0.15) is 0 Å². The molecule has 0 unspecified atom stereocenters. The van der Waals surface area contributed by atoms with Crippen molar-refractivity contribution in [3.05, 3.63) is 108 Å². The first-order valence-corrected chi connectivity index (χ1v) is 9.85. The van der Waals surface area contributed by atoms with Gasteiger partial charge < -0.3 is 4.43 Å². The Bertz CT molecular complexity index is 644. The van der Waals surface area contributed by atoms with Gasteiger partial charge in [-0.05, 0) is 36.0 Å². The standard InChI is InChI=1S/C23H26OSi/c25-24-19-11-10-18-23(20-12-4-1-5-13-20,21-14-6-2-7-15-21)22-16-8-3-9-17-22/h1-9,12-17H,10-11,18-19H2,25H3. The maximum absolute atomic E-state index is 5.41. The molecule has 0 spiro atoms. The zero-order chi connectivity index (χ0) is 17.4. The fraction of sp³-hybridized carbons (Fsp3) is 0.217. The molecule has 128 valence electrons. The second-order valence-electron chi connectivity index (χ2n) is 6.45. The van der Waals surface area contributed by atoms with Gasteiger partial charge in [-0.25, -0.2) is 0 Å². The Morgan fingerprint density at radius 1 is 0.600 bits per heavy atom. The molecular weight excluding hydrogens is 320 g/mol. The molecule has 3 aromatic carbocycles. The van der Waals surface area contributed by atoms with Crippen molar-refractivity contribution < 1.29 is 4.43 Å². The summed E-state index contributed by atoms with van der Waals surface area (Å²) in [4.78, 5) is 0. The van der Waals surface area contributed by atoms with Crippen LogP contribution in [-0.4, -0.2) is 17.1 Å². The van der Waals surface area contributed by atoms with Crippen molar-refractivity contribution in [2.75, 3.05) is 6.61 Å². The van der Waals surface area contributed by atoms with Crippen molar-refractivity contribution >= 4 is 10.5 Å². The predicted molar refractivity (Wildman–Crippen MR) is 109 cm³/mol. The predicted octanol–water partition coefficient (Wildman–Crippen LogP) is 4.49. The molecule has 0 aliphatic carbocycles. The van der Waals surface area contributed by atoms with Gasteiger partial charge in [0.25, 0.3) is 0 Å². The van der Waals surface area contributed by atoms with E-state index in [0.29, 0.717) is 0 Å². The van der Waals surface area contributed by atoms with Crippen LogP contribution in [0.25, 0.3) is 0 Å². The fourth-order valence-electron chi connectivity index (χ4n) is 3.74. The average Bonchev–Trinajstić information content (AvgIpc) is 2.70. The van der Waals surface area contributed by atoms with Gasteiger partial charge in [0, 0.05) is 12.0 Å². The molecule has 0 bridgehead atoms. The Balaban J connectivity index is 2.13. The molecule has 2 heteroatoms. The van der Waals surface area contributed by atoms with Gasteiger partial charge in [0.05, 0.1) is 0 Å². The van der Waals surface area contributed by atoms with Crippen molar-refractivity contribution in [3.8, 4) is 0 Å². The van der Waals surface area contributed by atoms with Crippen LogP contribution in [0, 0.1) is 0 Å². The molecule has 0 atom stereocenters. The SMILES string of the molecule is [SiH3]OCCCCC(c1ccccc1)(c1ccccc1)c1ccccc1. The molecule has 3 rings (SSSR count). The third kappa shape index (κ3) is 3.92. The number of unbranched alkanes of at least 4 members (excludes halogenated alkanes) is 1. The van der Waals surface area contributed by atoms with Crippen LogP contribution in [-0.2, 0) is 9.84 Å². The van der Waals surface area contributed by atoms with Crippen molar-refractivity contribution in [2.24, 2.45) is 0 Å². The topological polar surface area (TPSA) is 9.23 Å². The van der Waals surface area contributed by atoms with Crippen LogP contribution in [0.1, 0.15) is 36.0 Å². The second kappa shape index (κ2) is 8.79. The molecule has 3 aromatic rings. The molecule has 0 heterocycles. The summed E-state index contributed by atoms with van der Waals surface area (Å²) < 4.78 is 5.41. The first kappa shape index (κ1) is 17.7. The van der Waals surface area contributed by atoms with E-state index in [4.69, 9.17) is 4.43 Å². The fourth-order valence-corrected chi connectivity index (χ4v) is 4.03. The summed E-state index contributed by atoms with van der Waals surface area (Å²) in [5.41, 5.74) is 3.96. The van der Waals surface area contributed by atoms with E-state index in [-0.39, 0.29) is 5.41 Å². The molecule has 0 saturated heterocycles. The zero-order valence-electron chi connectivity index (χ0n) is 14.9. The summed E-state index contributed by atoms with van der Waals surface area (Å²) in [5, 5.41) is 0. The van der Waals surface area contributed by atoms with Crippen LogP contribution in [0.15, 0.2) is 91.0 Å². The molecule has 1 nitrogen and oxygen atoms in total. The van der Waals surface area contributed by atoms with Gasteiger partial charge in [0.2, 0.25) is 0 Å². The van der Waals surface area contributed by atoms with E-state index < -0.39 is 0 Å². The van der Waals surface area contributed by atoms with Crippen molar-refractivity contribution in [1.29, 1.82) is 0 Å². The minimum absolute atomic E-state index is 0.116. The Hall–Kier alpha value is -2.16. The van der Waals surface area contributed by atoms with Crippen LogP contribution in [0.2, 0.25) is 0 Å². The molecule has 0 saturated carbocycles. The van der Waals surface area contributed by atoms with E-state index >= 15 is 0 Å². The Labute approximate surface area is 154 Å². The van der Waals surface area contributed by atoms with Gasteiger partial charge in [-0.3, -0.25) is 0 Å². The molecule has 0 aliphatic heterocycles. The van der Waals surface area contributed by atoms with E-state index in [1.165, 1.54) is 16.7 Å². The second-order valence-corrected chi connectivity index (χ2v) is 7.03. The number of benzene rings is 3. The van der Waals surface area contributed by atoms with E-state index in [1.807, 2.05) is 0 Å². The van der Waals surface area contributed by atoms with Crippen LogP contribution < -0.4 is 0 Å². The number of rotatable bonds is 8. The van der Waals surface area contributed by atoms with E-state index in [2.05, 4.69) is 91.0 Å². The largest absolute Gasteiger partial charge is 0.428 e. The van der Waals surface area contributed by atoms with Gasteiger partial charge in [-0.1, -0.05) is 91.0 Å². The first-order valence-electron chi connectivity index (χ1n) is 9.03. The Kier molecular flexibility index (Phi) is 6.21. The highest BCUT2D eigenvalue weighted by Crippen LogP contribution is 2.43. The summed E-state index contributed by atoms with van der Waals surface area (Å²) in [7, 11) is 0.822. The highest BCUT2D eigenvalue weighted by molar-refractivity contribution is 5.97. The minimum atomic E-state index is -0.116. The lowest BCUT2D eigenvalue weighted by Crippen LogP contribution is -2.29. The highest BCUT2D eigenvalue weighted by atomic mass is 28.2. The van der Waals surface area contributed by atoms with E-state index in [1.54, 1.807) is 0 Å². The number of hydrogen-bond acceptors (Lipinski definition) is 1. The summed E-state index contributed by atoms with van der Waals surface area (Å²) in [6, 6.07) is 32.8. The summed E-state index contributed by atoms with van der Waals surface area (Å²) >= 11 is 0. The molecule has 0 aliphatic rings. The van der Waals surface area contributed by atoms with Crippen LogP contribution in [0.5, 0.6) is 0 Å². The summed E-state index contributed by atoms with van der Waals surface area (Å²) in [6.45, 7) is 0.876. The van der Waals surface area contributed by atoms with Crippen molar-refractivity contribution in [2.45, 2.75) is 24.7 Å². The van der Waals surface area contributed by atoms with Crippen LogP contribution >= 0.6 is 0 Å². The van der Waals surface area contributed by atoms with Gasteiger partial charge in [0.15, 0.2) is 0 Å². The lowest BCUT2D eigenvalue weighted by molar-refractivity contribution is 0.328. The molecule has 0 radical (unpaired) electrons. The summed E-state index contributed by atoms with van der Waals surface area (Å²) in [6.07, 6.45) is 3.33. The van der Waals surface area contributed by atoms with Crippen molar-refractivity contribution in [3.63, 3.8) is 0 Å². The molecule has 0 fully saturated rings. The summed E-state index contributed by atoms with van der Waals surface area (Å²) in [5.74, 6) is 0. The first-order chi connectivity index (χ1) is 12.4. The molecular formula is C23H26OSi. The van der Waals surface area contributed by atoms with Crippen LogP contribution in [0.3, 0.4) is 0 Å². The Morgan fingerprint density at radius 3 is 1.36 bits per heavy atom. The smallest absolute Gasteiger partial charge is 0.145 e. The molecule has 0 aromatic heterocycles. The third-order valence-corrected chi connectivity index (χ3v) is 5.36. The van der Waals surface area contributed by atoms with E-state index in [0.717, 1.165) is 36.4 Å². The quantitative estimate of drug-likeness (QED) is 0.332. The molecule has 0 amide bonds. The van der Waals surface area contributed by atoms with Gasteiger partial charge in [0.1, 0.15) is 10.5 Å². The van der Waals surface area contributed by atoms with Crippen LogP contribution in [0.4, 0.5) is 0 Å². The zero-order valence-corrected chi connectivity index (χ0v) is 16.9. The lowest BCUT2D eigenvalue weighted by Gasteiger charge is -2.36. The lowest BCUT2D eigenvalue weighted by atomic mass is 9.66. The van der Waals surface area contributed by atoms with E-state index in [9.17, 15) is 0 Å². The number of hydrogen-bond donors (Lipinski definition) is 0. The maximum Gasteiger partial charge on any atom is 0.145 e.